The molecule has 0 aromatic heterocycles. The molecule has 7 heteroatoms. The summed E-state index contributed by atoms with van der Waals surface area (Å²) in [6, 6.07) is 9.52. The maximum Gasteiger partial charge on any atom is 0.387 e. The summed E-state index contributed by atoms with van der Waals surface area (Å²) in [4.78, 5) is 12.0. The molecule has 0 unspecified atom stereocenters. The SMILES string of the molecule is COc1cc(/C=C/C(=O)Nc2ccc(Cl)cc2C)ccc1OC(F)F. The van der Waals surface area contributed by atoms with Gasteiger partial charge in [0.15, 0.2) is 11.5 Å². The number of carbonyl (C=O) groups is 1. The van der Waals surface area contributed by atoms with Crippen LogP contribution >= 0.6 is 11.6 Å². The van der Waals surface area contributed by atoms with Crippen molar-refractivity contribution in [2.75, 3.05) is 12.4 Å². The third kappa shape index (κ3) is 5.46. The third-order valence-electron chi connectivity index (χ3n) is 3.28. The van der Waals surface area contributed by atoms with Gasteiger partial charge in [0, 0.05) is 16.8 Å². The zero-order chi connectivity index (χ0) is 18.4. The van der Waals surface area contributed by atoms with E-state index >= 15 is 0 Å². The first kappa shape index (κ1) is 18.7. The molecule has 0 bridgehead atoms. The average molecular weight is 368 g/mol. The fourth-order valence-corrected chi connectivity index (χ4v) is 2.32. The molecule has 0 radical (unpaired) electrons. The number of nitrogens with one attached hydrogen (secondary N) is 1. The second-order valence-electron chi connectivity index (χ2n) is 5.07. The standard InChI is InChI=1S/C18H16ClF2NO3/c1-11-9-13(19)5-6-14(11)22-17(23)8-4-12-3-7-15(25-18(20)21)16(10-12)24-2/h3-10,18H,1-2H3,(H,22,23)/b8-4+. The normalized spacial score (nSPS) is 11.0. The number of ether oxygens (including phenoxy) is 2. The molecule has 2 aromatic rings. The fraction of sp³-hybridized carbons (Fsp3) is 0.167. The smallest absolute Gasteiger partial charge is 0.387 e. The summed E-state index contributed by atoms with van der Waals surface area (Å²) in [5.41, 5.74) is 2.09. The number of hydrogen-bond acceptors (Lipinski definition) is 3. The number of methoxy groups -OCH3 is 1. The molecule has 0 aliphatic carbocycles. The van der Waals surface area contributed by atoms with Gasteiger partial charge >= 0.3 is 6.61 Å². The van der Waals surface area contributed by atoms with E-state index in [1.54, 1.807) is 18.2 Å². The number of anilines is 1. The van der Waals surface area contributed by atoms with Gasteiger partial charge in [0.05, 0.1) is 7.11 Å². The highest BCUT2D eigenvalue weighted by Crippen LogP contribution is 2.29. The Kier molecular flexibility index (Phi) is 6.36. The summed E-state index contributed by atoms with van der Waals surface area (Å²) in [6.07, 6.45) is 2.87. The van der Waals surface area contributed by atoms with Crippen LogP contribution in [0.15, 0.2) is 42.5 Å². The van der Waals surface area contributed by atoms with Crippen molar-refractivity contribution in [3.05, 3.63) is 58.6 Å². The minimum atomic E-state index is -2.94. The van der Waals surface area contributed by atoms with E-state index in [-0.39, 0.29) is 17.4 Å². The molecule has 0 fully saturated rings. The fourth-order valence-electron chi connectivity index (χ4n) is 2.09. The average Bonchev–Trinajstić information content (AvgIpc) is 2.56. The number of amides is 1. The molecule has 0 aliphatic rings. The van der Waals surface area contributed by atoms with Gasteiger partial charge in [-0.2, -0.15) is 8.78 Å². The molecule has 0 heterocycles. The molecule has 132 valence electrons. The van der Waals surface area contributed by atoms with Crippen LogP contribution in [0.2, 0.25) is 5.02 Å². The Morgan fingerprint density at radius 1 is 1.20 bits per heavy atom. The molecular weight excluding hydrogens is 352 g/mol. The maximum atomic E-state index is 12.3. The Hall–Kier alpha value is -2.60. The van der Waals surface area contributed by atoms with E-state index in [0.717, 1.165) is 5.56 Å². The van der Waals surface area contributed by atoms with Gasteiger partial charge in [-0.1, -0.05) is 17.7 Å². The summed E-state index contributed by atoms with van der Waals surface area (Å²) in [5, 5.41) is 3.32. The van der Waals surface area contributed by atoms with Gasteiger partial charge in [0.1, 0.15) is 0 Å². The van der Waals surface area contributed by atoms with Crippen LogP contribution in [-0.4, -0.2) is 19.6 Å². The van der Waals surface area contributed by atoms with Crippen molar-refractivity contribution in [2.24, 2.45) is 0 Å². The van der Waals surface area contributed by atoms with Gasteiger partial charge < -0.3 is 14.8 Å². The number of halogens is 3. The number of carbonyl (C=O) groups excluding carboxylic acids is 1. The van der Waals surface area contributed by atoms with Crippen molar-refractivity contribution >= 4 is 29.3 Å². The lowest BCUT2D eigenvalue weighted by Gasteiger charge is -2.10. The Bertz CT molecular complexity index is 794. The van der Waals surface area contributed by atoms with E-state index in [9.17, 15) is 13.6 Å². The Morgan fingerprint density at radius 3 is 2.60 bits per heavy atom. The lowest BCUT2D eigenvalue weighted by atomic mass is 10.1. The Balaban J connectivity index is 2.08. The van der Waals surface area contributed by atoms with Gasteiger partial charge in [0.25, 0.3) is 0 Å². The zero-order valence-electron chi connectivity index (χ0n) is 13.6. The highest BCUT2D eigenvalue weighted by molar-refractivity contribution is 6.30. The summed E-state index contributed by atoms with van der Waals surface area (Å²) in [7, 11) is 1.34. The van der Waals surface area contributed by atoms with Crippen molar-refractivity contribution < 1.29 is 23.0 Å². The predicted molar refractivity (Wildman–Crippen MR) is 93.5 cm³/mol. The number of aryl methyl sites for hydroxylation is 1. The highest BCUT2D eigenvalue weighted by atomic mass is 35.5. The Labute approximate surface area is 149 Å². The lowest BCUT2D eigenvalue weighted by molar-refractivity contribution is -0.111. The van der Waals surface area contributed by atoms with Crippen LogP contribution in [0.4, 0.5) is 14.5 Å². The zero-order valence-corrected chi connectivity index (χ0v) is 14.3. The van der Waals surface area contributed by atoms with Crippen molar-refractivity contribution in [3.63, 3.8) is 0 Å². The summed E-state index contributed by atoms with van der Waals surface area (Å²) in [5.74, 6) is -0.260. The van der Waals surface area contributed by atoms with E-state index in [0.29, 0.717) is 16.3 Å². The molecule has 0 saturated heterocycles. The van der Waals surface area contributed by atoms with Gasteiger partial charge in [-0.15, -0.1) is 0 Å². The Morgan fingerprint density at radius 2 is 1.96 bits per heavy atom. The molecule has 0 aliphatic heterocycles. The molecule has 1 amide bonds. The minimum absolute atomic E-state index is 0.0732. The number of benzene rings is 2. The van der Waals surface area contributed by atoms with Crippen LogP contribution in [0.5, 0.6) is 11.5 Å². The first-order valence-electron chi connectivity index (χ1n) is 7.27. The van der Waals surface area contributed by atoms with Crippen molar-refractivity contribution in [3.8, 4) is 11.5 Å². The number of alkyl halides is 2. The molecule has 0 atom stereocenters. The van der Waals surface area contributed by atoms with Crippen LogP contribution in [0.1, 0.15) is 11.1 Å². The van der Waals surface area contributed by atoms with Crippen molar-refractivity contribution in [1.82, 2.24) is 0 Å². The van der Waals surface area contributed by atoms with Crippen LogP contribution < -0.4 is 14.8 Å². The molecular formula is C18H16ClF2NO3. The molecule has 2 rings (SSSR count). The van der Waals surface area contributed by atoms with Crippen LogP contribution in [-0.2, 0) is 4.79 Å². The largest absolute Gasteiger partial charge is 0.493 e. The second-order valence-corrected chi connectivity index (χ2v) is 5.51. The first-order valence-corrected chi connectivity index (χ1v) is 7.65. The van der Waals surface area contributed by atoms with Crippen LogP contribution in [0.3, 0.4) is 0 Å². The predicted octanol–water partition coefficient (Wildman–Crippen LogP) is 4.91. The molecule has 4 nitrogen and oxygen atoms in total. The van der Waals surface area contributed by atoms with Gasteiger partial charge in [0.2, 0.25) is 5.91 Å². The highest BCUT2D eigenvalue weighted by Gasteiger charge is 2.10. The quantitative estimate of drug-likeness (QED) is 0.738. The number of hydrogen-bond donors (Lipinski definition) is 1. The van der Waals surface area contributed by atoms with Gasteiger partial charge in [-0.05, 0) is 54.5 Å². The van der Waals surface area contributed by atoms with Crippen LogP contribution in [0, 0.1) is 6.92 Å². The third-order valence-corrected chi connectivity index (χ3v) is 3.51. The molecule has 0 spiro atoms. The topological polar surface area (TPSA) is 47.6 Å². The summed E-state index contributed by atoms with van der Waals surface area (Å²) >= 11 is 5.87. The van der Waals surface area contributed by atoms with Crippen molar-refractivity contribution in [2.45, 2.75) is 13.5 Å². The molecule has 1 N–H and O–H groups in total. The molecule has 2 aromatic carbocycles. The lowest BCUT2D eigenvalue weighted by Crippen LogP contribution is -2.08. The van der Waals surface area contributed by atoms with E-state index in [1.807, 2.05) is 6.92 Å². The monoisotopic (exact) mass is 367 g/mol. The van der Waals surface area contributed by atoms with E-state index < -0.39 is 6.61 Å². The maximum absolute atomic E-state index is 12.3. The van der Waals surface area contributed by atoms with Crippen LogP contribution in [0.25, 0.3) is 6.08 Å². The van der Waals surface area contributed by atoms with Gasteiger partial charge in [-0.3, -0.25) is 4.79 Å². The summed E-state index contributed by atoms with van der Waals surface area (Å²) in [6.45, 7) is -1.11. The van der Waals surface area contributed by atoms with Crippen molar-refractivity contribution in [1.29, 1.82) is 0 Å². The minimum Gasteiger partial charge on any atom is -0.493 e. The number of rotatable bonds is 6. The molecule has 0 saturated carbocycles. The first-order chi connectivity index (χ1) is 11.9. The second kappa shape index (κ2) is 8.48. The van der Waals surface area contributed by atoms with E-state index in [1.165, 1.54) is 37.5 Å². The molecule has 25 heavy (non-hydrogen) atoms. The van der Waals surface area contributed by atoms with Gasteiger partial charge in [-0.25, -0.2) is 0 Å². The van der Waals surface area contributed by atoms with E-state index in [4.69, 9.17) is 16.3 Å². The summed E-state index contributed by atoms with van der Waals surface area (Å²) < 4.78 is 34.0. The van der Waals surface area contributed by atoms with E-state index in [2.05, 4.69) is 10.1 Å².